The Bertz CT molecular complexity index is 1250. The minimum atomic E-state index is -4.73. The van der Waals surface area contributed by atoms with Crippen LogP contribution >= 0.6 is 0 Å². The smallest absolute Gasteiger partial charge is 0.417 e. The number of halogens is 3. The van der Waals surface area contributed by atoms with E-state index in [1.54, 1.807) is 20.8 Å². The summed E-state index contributed by atoms with van der Waals surface area (Å²) >= 11 is 0. The second kappa shape index (κ2) is 8.48. The lowest BCUT2D eigenvalue weighted by molar-refractivity contribution is -0.138. The highest BCUT2D eigenvalue weighted by molar-refractivity contribution is 5.85. The van der Waals surface area contributed by atoms with Gasteiger partial charge in [0.15, 0.2) is 6.10 Å². The average molecular weight is 470 g/mol. The standard InChI is InChI=1S/C24H21F3N4O3/c1-14(20-29-30-21(34-20)15-7-5-4-6-8-15)31-13-23(2,3)19(22(31)32)33-17-10-9-16(12-28)18(11-17)24(25,26)27/h4-11,14,19H,13H2,1-3H3/t14-,19-/m0/s1. The number of carbonyl (C=O) groups is 1. The SMILES string of the molecule is C[C@@H](c1nnc(-c2ccccc2)o1)N1CC(C)(C)[C@@H](Oc2ccc(C#N)c(C(F)(F)F)c2)C1=O. The Balaban J connectivity index is 1.57. The fourth-order valence-electron chi connectivity index (χ4n) is 3.92. The molecule has 1 fully saturated rings. The Labute approximate surface area is 193 Å². The Morgan fingerprint density at radius 1 is 1.21 bits per heavy atom. The summed E-state index contributed by atoms with van der Waals surface area (Å²) in [7, 11) is 0. The average Bonchev–Trinajstić information content (AvgIpc) is 3.38. The van der Waals surface area contributed by atoms with E-state index in [9.17, 15) is 18.0 Å². The van der Waals surface area contributed by atoms with Crippen molar-refractivity contribution in [1.29, 1.82) is 5.26 Å². The summed E-state index contributed by atoms with van der Waals surface area (Å²) in [6.45, 7) is 5.59. The van der Waals surface area contributed by atoms with E-state index in [0.717, 1.165) is 17.7 Å². The monoisotopic (exact) mass is 470 g/mol. The molecule has 0 unspecified atom stereocenters. The number of rotatable bonds is 5. The third-order valence-electron chi connectivity index (χ3n) is 5.75. The van der Waals surface area contributed by atoms with Gasteiger partial charge in [0.2, 0.25) is 11.8 Å². The van der Waals surface area contributed by atoms with Gasteiger partial charge in [-0.3, -0.25) is 4.79 Å². The lowest BCUT2D eigenvalue weighted by atomic mass is 9.89. The molecule has 1 amide bonds. The highest BCUT2D eigenvalue weighted by Crippen LogP contribution is 2.40. The fourth-order valence-corrected chi connectivity index (χ4v) is 3.92. The van der Waals surface area contributed by atoms with Crippen molar-refractivity contribution >= 4 is 5.91 Å². The zero-order valence-corrected chi connectivity index (χ0v) is 18.6. The summed E-state index contributed by atoms with van der Waals surface area (Å²) < 4.78 is 51.5. The van der Waals surface area contributed by atoms with Crippen LogP contribution in [-0.4, -0.2) is 33.7 Å². The Morgan fingerprint density at radius 3 is 2.56 bits per heavy atom. The first-order valence-electron chi connectivity index (χ1n) is 10.5. The van der Waals surface area contributed by atoms with Crippen molar-refractivity contribution in [1.82, 2.24) is 15.1 Å². The van der Waals surface area contributed by atoms with Crippen molar-refractivity contribution < 1.29 is 27.1 Å². The number of hydrogen-bond acceptors (Lipinski definition) is 6. The van der Waals surface area contributed by atoms with Gasteiger partial charge in [-0.25, -0.2) is 0 Å². The molecule has 0 radical (unpaired) electrons. The van der Waals surface area contributed by atoms with E-state index in [1.807, 2.05) is 30.3 Å². The summed E-state index contributed by atoms with van der Waals surface area (Å²) in [6, 6.07) is 13.2. The van der Waals surface area contributed by atoms with Gasteiger partial charge < -0.3 is 14.1 Å². The number of ether oxygens (including phenoxy) is 1. The summed E-state index contributed by atoms with van der Waals surface area (Å²) in [6.07, 6.45) is -5.77. The Hall–Kier alpha value is -3.87. The van der Waals surface area contributed by atoms with Crippen molar-refractivity contribution in [2.24, 2.45) is 5.41 Å². The van der Waals surface area contributed by atoms with Crippen molar-refractivity contribution in [2.45, 2.75) is 39.1 Å². The highest BCUT2D eigenvalue weighted by Gasteiger charge is 2.50. The van der Waals surface area contributed by atoms with E-state index in [4.69, 9.17) is 14.4 Å². The molecule has 1 aliphatic heterocycles. The second-order valence-electron chi connectivity index (χ2n) is 8.76. The van der Waals surface area contributed by atoms with Crippen LogP contribution in [0.3, 0.4) is 0 Å². The number of aromatic nitrogens is 2. The molecule has 1 aliphatic rings. The Morgan fingerprint density at radius 2 is 1.91 bits per heavy atom. The predicted molar refractivity (Wildman–Crippen MR) is 114 cm³/mol. The molecule has 0 spiro atoms. The second-order valence-corrected chi connectivity index (χ2v) is 8.76. The van der Waals surface area contributed by atoms with Gasteiger partial charge >= 0.3 is 6.18 Å². The first kappa shape index (κ1) is 23.3. The molecule has 2 heterocycles. The molecule has 2 aromatic carbocycles. The third kappa shape index (κ3) is 4.33. The Kier molecular flexibility index (Phi) is 5.81. The number of likely N-dealkylation sites (tertiary alicyclic amines) is 1. The van der Waals surface area contributed by atoms with Crippen LogP contribution in [0.15, 0.2) is 52.9 Å². The number of nitrogens with zero attached hydrogens (tertiary/aromatic N) is 4. The molecule has 2 atom stereocenters. The van der Waals surface area contributed by atoms with Crippen molar-refractivity contribution in [3.05, 3.63) is 65.5 Å². The van der Waals surface area contributed by atoms with Crippen LogP contribution in [0.5, 0.6) is 5.75 Å². The van der Waals surface area contributed by atoms with Crippen LogP contribution in [-0.2, 0) is 11.0 Å². The highest BCUT2D eigenvalue weighted by atomic mass is 19.4. The molecule has 3 aromatic rings. The molecule has 0 saturated carbocycles. The molecule has 0 N–H and O–H groups in total. The van der Waals surface area contributed by atoms with E-state index in [-0.39, 0.29) is 18.2 Å². The van der Waals surface area contributed by atoms with Crippen LogP contribution in [0.4, 0.5) is 13.2 Å². The normalized spacial score (nSPS) is 18.6. The van der Waals surface area contributed by atoms with E-state index in [1.165, 1.54) is 17.0 Å². The lowest BCUT2D eigenvalue weighted by Crippen LogP contribution is -2.37. The van der Waals surface area contributed by atoms with E-state index >= 15 is 0 Å². The minimum absolute atomic E-state index is 0.142. The van der Waals surface area contributed by atoms with Crippen LogP contribution in [0, 0.1) is 16.7 Å². The molecule has 7 nitrogen and oxygen atoms in total. The number of carbonyl (C=O) groups excluding carboxylic acids is 1. The van der Waals surface area contributed by atoms with Gasteiger partial charge in [0.1, 0.15) is 11.8 Å². The summed E-state index contributed by atoms with van der Waals surface area (Å²) in [5.74, 6) is 0.00564. The largest absolute Gasteiger partial charge is 0.480 e. The predicted octanol–water partition coefficient (Wildman–Crippen LogP) is 5.00. The number of amides is 1. The van der Waals surface area contributed by atoms with Crippen LogP contribution in [0.1, 0.15) is 43.8 Å². The first-order chi connectivity index (χ1) is 16.0. The van der Waals surface area contributed by atoms with E-state index in [0.29, 0.717) is 5.89 Å². The van der Waals surface area contributed by atoms with Crippen molar-refractivity contribution in [3.8, 4) is 23.3 Å². The van der Waals surface area contributed by atoms with Crippen molar-refractivity contribution in [3.63, 3.8) is 0 Å². The molecule has 176 valence electrons. The van der Waals surface area contributed by atoms with Crippen LogP contribution in [0.25, 0.3) is 11.5 Å². The van der Waals surface area contributed by atoms with Crippen LogP contribution < -0.4 is 4.74 Å². The molecule has 34 heavy (non-hydrogen) atoms. The summed E-state index contributed by atoms with van der Waals surface area (Å²) in [4.78, 5) is 14.8. The molecular weight excluding hydrogens is 449 g/mol. The number of alkyl halides is 3. The lowest BCUT2D eigenvalue weighted by Gasteiger charge is -2.25. The van der Waals surface area contributed by atoms with E-state index in [2.05, 4.69) is 10.2 Å². The molecule has 4 rings (SSSR count). The van der Waals surface area contributed by atoms with Gasteiger partial charge in [0, 0.05) is 17.5 Å². The van der Waals surface area contributed by atoms with Gasteiger partial charge in [-0.05, 0) is 37.3 Å². The molecule has 1 aromatic heterocycles. The van der Waals surface area contributed by atoms with Crippen LogP contribution in [0.2, 0.25) is 0 Å². The maximum absolute atomic E-state index is 13.3. The zero-order chi connectivity index (χ0) is 24.7. The molecule has 10 heteroatoms. The topological polar surface area (TPSA) is 92.2 Å². The van der Waals surface area contributed by atoms with Crippen molar-refractivity contribution in [2.75, 3.05) is 6.54 Å². The number of benzene rings is 2. The summed E-state index contributed by atoms with van der Waals surface area (Å²) in [5.41, 5.74) is -1.61. The van der Waals surface area contributed by atoms with E-state index < -0.39 is 40.8 Å². The quantitative estimate of drug-likeness (QED) is 0.521. The fraction of sp³-hybridized carbons (Fsp3) is 0.333. The molecule has 0 aliphatic carbocycles. The van der Waals surface area contributed by atoms with Gasteiger partial charge in [-0.2, -0.15) is 18.4 Å². The third-order valence-corrected chi connectivity index (χ3v) is 5.75. The summed E-state index contributed by atoms with van der Waals surface area (Å²) in [5, 5.41) is 17.1. The van der Waals surface area contributed by atoms with Gasteiger partial charge in [0.05, 0.1) is 17.2 Å². The maximum Gasteiger partial charge on any atom is 0.417 e. The molecular formula is C24H21F3N4O3. The van der Waals surface area contributed by atoms with Gasteiger partial charge in [-0.1, -0.05) is 32.0 Å². The molecule has 1 saturated heterocycles. The minimum Gasteiger partial charge on any atom is -0.480 e. The number of nitriles is 1. The zero-order valence-electron chi connectivity index (χ0n) is 18.6. The number of hydrogen-bond donors (Lipinski definition) is 0. The first-order valence-corrected chi connectivity index (χ1v) is 10.5. The van der Waals surface area contributed by atoms with Gasteiger partial charge in [-0.15, -0.1) is 10.2 Å². The van der Waals surface area contributed by atoms with Gasteiger partial charge in [0.25, 0.3) is 5.91 Å². The molecule has 0 bridgehead atoms. The maximum atomic E-state index is 13.3.